The Labute approximate surface area is 173 Å². The highest BCUT2D eigenvalue weighted by Crippen LogP contribution is 2.23. The molecule has 0 aliphatic heterocycles. The van der Waals surface area contributed by atoms with Crippen LogP contribution in [-0.2, 0) is 13.1 Å². The molecule has 2 heterocycles. The molecule has 0 bridgehead atoms. The highest BCUT2D eigenvalue weighted by molar-refractivity contribution is 6.30. The molecule has 0 aliphatic carbocycles. The summed E-state index contributed by atoms with van der Waals surface area (Å²) in [6.45, 7) is 2.54. The topological polar surface area (TPSA) is 117 Å². The number of rotatable bonds is 6. The molecule has 0 spiro atoms. The zero-order valence-electron chi connectivity index (χ0n) is 15.9. The molecule has 1 aromatic carbocycles. The third-order valence-electron chi connectivity index (χ3n) is 4.19. The highest BCUT2D eigenvalue weighted by atomic mass is 35.5. The van der Waals surface area contributed by atoms with Gasteiger partial charge in [0.2, 0.25) is 0 Å². The van der Waals surface area contributed by atoms with E-state index in [1.165, 1.54) is 0 Å². The zero-order chi connectivity index (χ0) is 20.8. The Morgan fingerprint density at radius 3 is 2.59 bits per heavy atom. The molecule has 0 saturated heterocycles. The number of carbonyl (C=O) groups is 1. The molecule has 7 nitrogen and oxygen atoms in total. The van der Waals surface area contributed by atoms with Crippen LogP contribution in [0.4, 0.5) is 0 Å². The highest BCUT2D eigenvalue weighted by Gasteiger charge is 2.11. The van der Waals surface area contributed by atoms with E-state index in [0.717, 1.165) is 22.4 Å². The SMILES string of the molecule is Cc1cc(-c2cc(CNC(=N)N)cc(C(=O)NCc3ccc(Cl)cn3)c2)ccn1. The molecule has 1 amide bonds. The van der Waals surface area contributed by atoms with Crippen LogP contribution < -0.4 is 16.4 Å². The number of aromatic nitrogens is 2. The van der Waals surface area contributed by atoms with Crippen molar-refractivity contribution in [3.05, 3.63) is 82.4 Å². The van der Waals surface area contributed by atoms with Crippen molar-refractivity contribution >= 4 is 23.5 Å². The average Bonchev–Trinajstić information content (AvgIpc) is 2.71. The van der Waals surface area contributed by atoms with Crippen LogP contribution in [0.5, 0.6) is 0 Å². The van der Waals surface area contributed by atoms with Gasteiger partial charge in [-0.3, -0.25) is 20.2 Å². The van der Waals surface area contributed by atoms with Crippen molar-refractivity contribution in [2.45, 2.75) is 20.0 Å². The minimum Gasteiger partial charge on any atom is -0.370 e. The Bertz CT molecular complexity index is 1040. The number of halogens is 1. The van der Waals surface area contributed by atoms with Crippen molar-refractivity contribution in [3.8, 4) is 11.1 Å². The molecule has 0 unspecified atom stereocenters. The Hall–Kier alpha value is -3.45. The predicted octanol–water partition coefficient (Wildman–Crippen LogP) is 3.02. The Balaban J connectivity index is 1.86. The smallest absolute Gasteiger partial charge is 0.251 e. The molecule has 3 rings (SSSR count). The van der Waals surface area contributed by atoms with E-state index in [0.29, 0.717) is 22.8 Å². The van der Waals surface area contributed by atoms with Gasteiger partial charge in [-0.05, 0) is 66.1 Å². The first kappa shape index (κ1) is 20.3. The number of nitrogens with two attached hydrogens (primary N) is 1. The number of hydrogen-bond acceptors (Lipinski definition) is 4. The van der Waals surface area contributed by atoms with Crippen LogP contribution in [0.3, 0.4) is 0 Å². The summed E-state index contributed by atoms with van der Waals surface area (Å²) < 4.78 is 0. The molecule has 0 saturated carbocycles. The Kier molecular flexibility index (Phi) is 6.41. The van der Waals surface area contributed by atoms with Gasteiger partial charge in [0.25, 0.3) is 5.91 Å². The first-order chi connectivity index (χ1) is 13.9. The largest absolute Gasteiger partial charge is 0.370 e. The second kappa shape index (κ2) is 9.16. The first-order valence-corrected chi connectivity index (χ1v) is 9.32. The van der Waals surface area contributed by atoms with Gasteiger partial charge in [-0.1, -0.05) is 11.6 Å². The molecule has 3 aromatic rings. The number of nitrogens with one attached hydrogen (secondary N) is 3. The number of guanidine groups is 1. The van der Waals surface area contributed by atoms with Crippen LogP contribution in [-0.4, -0.2) is 21.8 Å². The van der Waals surface area contributed by atoms with E-state index < -0.39 is 0 Å². The van der Waals surface area contributed by atoms with Crippen LogP contribution in [0.2, 0.25) is 5.02 Å². The normalized spacial score (nSPS) is 10.4. The number of pyridine rings is 2. The van der Waals surface area contributed by atoms with Gasteiger partial charge < -0.3 is 16.4 Å². The van der Waals surface area contributed by atoms with E-state index in [1.807, 2.05) is 31.2 Å². The van der Waals surface area contributed by atoms with Crippen molar-refractivity contribution in [2.24, 2.45) is 5.73 Å². The minimum atomic E-state index is -0.224. The molecule has 0 aliphatic rings. The van der Waals surface area contributed by atoms with Crippen LogP contribution in [0.25, 0.3) is 11.1 Å². The fraction of sp³-hybridized carbons (Fsp3) is 0.143. The summed E-state index contributed by atoms with van der Waals surface area (Å²) >= 11 is 5.84. The summed E-state index contributed by atoms with van der Waals surface area (Å²) in [6, 6.07) is 12.9. The molecule has 0 fully saturated rings. The van der Waals surface area contributed by atoms with Crippen molar-refractivity contribution in [3.63, 3.8) is 0 Å². The summed E-state index contributed by atoms with van der Waals surface area (Å²) in [4.78, 5) is 21.2. The molecule has 8 heteroatoms. The van der Waals surface area contributed by atoms with E-state index in [2.05, 4.69) is 20.6 Å². The lowest BCUT2D eigenvalue weighted by Crippen LogP contribution is -2.29. The number of aryl methyl sites for hydroxylation is 1. The standard InChI is InChI=1S/C21H21ClN6O/c1-13-6-15(4-5-25-13)16-7-14(10-28-21(23)24)8-17(9-16)20(29)27-12-19-3-2-18(22)11-26-19/h2-9,11H,10,12H2,1H3,(H,27,29)(H4,23,24,28). The third kappa shape index (κ3) is 5.76. The summed E-state index contributed by atoms with van der Waals surface area (Å²) in [7, 11) is 0. The summed E-state index contributed by atoms with van der Waals surface area (Å²) in [5.41, 5.74) is 10.2. The lowest BCUT2D eigenvalue weighted by Gasteiger charge is -2.12. The number of hydrogen-bond donors (Lipinski definition) is 4. The van der Waals surface area contributed by atoms with Crippen molar-refractivity contribution in [2.75, 3.05) is 0 Å². The van der Waals surface area contributed by atoms with Gasteiger partial charge in [-0.25, -0.2) is 0 Å². The lowest BCUT2D eigenvalue weighted by molar-refractivity contribution is 0.0950. The van der Waals surface area contributed by atoms with Crippen molar-refractivity contribution in [1.82, 2.24) is 20.6 Å². The lowest BCUT2D eigenvalue weighted by atomic mass is 9.99. The van der Waals surface area contributed by atoms with Gasteiger partial charge in [-0.15, -0.1) is 0 Å². The molecule has 29 heavy (non-hydrogen) atoms. The third-order valence-corrected chi connectivity index (χ3v) is 4.41. The molecule has 2 aromatic heterocycles. The summed E-state index contributed by atoms with van der Waals surface area (Å²) in [5.74, 6) is -0.353. The second-order valence-corrected chi connectivity index (χ2v) is 6.96. The van der Waals surface area contributed by atoms with Gasteiger partial charge in [0.15, 0.2) is 5.96 Å². The second-order valence-electron chi connectivity index (χ2n) is 6.52. The zero-order valence-corrected chi connectivity index (χ0v) is 16.6. The number of amides is 1. The summed E-state index contributed by atoms with van der Waals surface area (Å²) in [5, 5.41) is 13.6. The Morgan fingerprint density at radius 1 is 1.07 bits per heavy atom. The molecule has 148 valence electrons. The van der Waals surface area contributed by atoms with Gasteiger partial charge >= 0.3 is 0 Å². The fourth-order valence-corrected chi connectivity index (χ4v) is 2.91. The number of carbonyl (C=O) groups excluding carboxylic acids is 1. The van der Waals surface area contributed by atoms with Crippen LogP contribution in [0.1, 0.15) is 27.3 Å². The summed E-state index contributed by atoms with van der Waals surface area (Å²) in [6.07, 6.45) is 3.28. The van der Waals surface area contributed by atoms with E-state index in [1.54, 1.807) is 30.6 Å². The Morgan fingerprint density at radius 2 is 1.90 bits per heavy atom. The van der Waals surface area contributed by atoms with Crippen molar-refractivity contribution in [1.29, 1.82) is 5.41 Å². The van der Waals surface area contributed by atoms with Crippen LogP contribution in [0, 0.1) is 12.3 Å². The van der Waals surface area contributed by atoms with E-state index in [9.17, 15) is 4.79 Å². The predicted molar refractivity (Wildman–Crippen MR) is 114 cm³/mol. The quantitative estimate of drug-likeness (QED) is 0.369. The molecular formula is C21H21ClN6O. The fourth-order valence-electron chi connectivity index (χ4n) is 2.80. The number of nitrogens with zero attached hydrogens (tertiary/aromatic N) is 2. The van der Waals surface area contributed by atoms with Gasteiger partial charge in [0.1, 0.15) is 0 Å². The average molecular weight is 409 g/mol. The first-order valence-electron chi connectivity index (χ1n) is 8.94. The van der Waals surface area contributed by atoms with Gasteiger partial charge in [0, 0.05) is 30.2 Å². The molecular weight excluding hydrogens is 388 g/mol. The van der Waals surface area contributed by atoms with Gasteiger partial charge in [0.05, 0.1) is 17.3 Å². The van der Waals surface area contributed by atoms with E-state index in [-0.39, 0.29) is 18.4 Å². The molecule has 0 atom stereocenters. The van der Waals surface area contributed by atoms with E-state index in [4.69, 9.17) is 22.7 Å². The maximum atomic E-state index is 12.8. The van der Waals surface area contributed by atoms with Crippen LogP contribution in [0.15, 0.2) is 54.9 Å². The molecule has 5 N–H and O–H groups in total. The maximum Gasteiger partial charge on any atom is 0.251 e. The van der Waals surface area contributed by atoms with Gasteiger partial charge in [-0.2, -0.15) is 0 Å². The van der Waals surface area contributed by atoms with E-state index >= 15 is 0 Å². The number of benzene rings is 1. The monoisotopic (exact) mass is 408 g/mol. The maximum absolute atomic E-state index is 12.8. The minimum absolute atomic E-state index is 0.130. The molecule has 0 radical (unpaired) electrons. The van der Waals surface area contributed by atoms with Crippen LogP contribution >= 0.6 is 11.6 Å². The van der Waals surface area contributed by atoms with Crippen molar-refractivity contribution < 1.29 is 4.79 Å².